The van der Waals surface area contributed by atoms with Crippen LogP contribution in [0.4, 0.5) is 0 Å². The molecule has 2 rings (SSSR count). The molecule has 0 bridgehead atoms. The Kier molecular flexibility index (Phi) is 10.7. The van der Waals surface area contributed by atoms with Gasteiger partial charge in [0, 0.05) is 23.8 Å². The van der Waals surface area contributed by atoms with E-state index in [0.717, 1.165) is 45.3 Å². The van der Waals surface area contributed by atoms with Gasteiger partial charge in [-0.2, -0.15) is 0 Å². The highest BCUT2D eigenvalue weighted by Crippen LogP contribution is 2.31. The van der Waals surface area contributed by atoms with Crippen molar-refractivity contribution >= 4 is 11.6 Å². The van der Waals surface area contributed by atoms with E-state index in [1.54, 1.807) is 0 Å². The van der Waals surface area contributed by atoms with E-state index in [-0.39, 0.29) is 0 Å². The Morgan fingerprint density at radius 1 is 1.14 bits per heavy atom. The van der Waals surface area contributed by atoms with Crippen LogP contribution in [0.25, 0.3) is 0 Å². The zero-order valence-electron chi connectivity index (χ0n) is 14.7. The summed E-state index contributed by atoms with van der Waals surface area (Å²) < 4.78 is 16.1. The van der Waals surface area contributed by atoms with E-state index in [0.29, 0.717) is 17.4 Å². The topological polar surface area (TPSA) is 27.7 Å². The Labute approximate surface area is 142 Å². The molecule has 0 aromatic carbocycles. The van der Waals surface area contributed by atoms with Gasteiger partial charge >= 0.3 is 0 Å². The van der Waals surface area contributed by atoms with E-state index in [1.807, 2.05) is 0 Å². The van der Waals surface area contributed by atoms with Gasteiger partial charge in [-0.05, 0) is 19.3 Å². The molecule has 3 nitrogen and oxygen atoms in total. The van der Waals surface area contributed by atoms with Crippen LogP contribution >= 0.6 is 11.6 Å². The Hall–Kier alpha value is 0.170. The largest absolute Gasteiger partial charge is 0.381 e. The third-order valence-corrected chi connectivity index (χ3v) is 5.16. The number of unbranched alkanes of at least 4 members (excludes halogenated alkanes) is 3. The van der Waals surface area contributed by atoms with Crippen molar-refractivity contribution in [1.29, 1.82) is 0 Å². The number of alkyl halides is 1. The number of hydrogen-bond donors (Lipinski definition) is 0. The van der Waals surface area contributed by atoms with Gasteiger partial charge in [0.1, 0.15) is 0 Å². The maximum absolute atomic E-state index is 5.70. The zero-order valence-corrected chi connectivity index (χ0v) is 15.5. The average molecular weight is 335 g/mol. The fraction of sp³-hybridized carbons (Fsp3) is 1.00. The molecule has 0 aromatic rings. The Bertz CT molecular complexity index is 250. The molecule has 2 saturated heterocycles. The minimum absolute atomic E-state index is 0.366. The van der Waals surface area contributed by atoms with Crippen molar-refractivity contribution in [2.75, 3.05) is 38.9 Å². The molecule has 0 spiro atoms. The third-order valence-electron chi connectivity index (χ3n) is 4.77. The van der Waals surface area contributed by atoms with Gasteiger partial charge in [-0.25, -0.2) is 0 Å². The van der Waals surface area contributed by atoms with E-state index < -0.39 is 0 Å². The van der Waals surface area contributed by atoms with Crippen LogP contribution in [0, 0.1) is 11.3 Å². The summed E-state index contributed by atoms with van der Waals surface area (Å²) >= 11 is 5.60. The summed E-state index contributed by atoms with van der Waals surface area (Å²) in [5.74, 6) is 1.40. The summed E-state index contributed by atoms with van der Waals surface area (Å²) in [6.45, 7) is 11.1. The van der Waals surface area contributed by atoms with Crippen molar-refractivity contribution < 1.29 is 14.2 Å². The van der Waals surface area contributed by atoms with Gasteiger partial charge in [-0.3, -0.25) is 0 Å². The van der Waals surface area contributed by atoms with Gasteiger partial charge < -0.3 is 14.2 Å². The van der Waals surface area contributed by atoms with Crippen LogP contribution < -0.4 is 0 Å². The predicted molar refractivity (Wildman–Crippen MR) is 92.7 cm³/mol. The fourth-order valence-corrected chi connectivity index (χ4v) is 2.95. The van der Waals surface area contributed by atoms with Crippen molar-refractivity contribution in [2.24, 2.45) is 11.3 Å². The summed E-state index contributed by atoms with van der Waals surface area (Å²) in [6, 6.07) is 0. The summed E-state index contributed by atoms with van der Waals surface area (Å²) in [5, 5.41) is 0. The van der Waals surface area contributed by atoms with Crippen molar-refractivity contribution in [3.05, 3.63) is 0 Å². The fourth-order valence-electron chi connectivity index (χ4n) is 2.66. The Balaban J connectivity index is 0.000000255. The van der Waals surface area contributed by atoms with Gasteiger partial charge in [0.05, 0.1) is 32.5 Å². The van der Waals surface area contributed by atoms with Crippen LogP contribution in [0.5, 0.6) is 0 Å². The number of hydrogen-bond acceptors (Lipinski definition) is 3. The molecule has 2 aliphatic rings. The molecule has 2 atom stereocenters. The molecule has 22 heavy (non-hydrogen) atoms. The maximum atomic E-state index is 5.70. The zero-order chi connectivity index (χ0) is 16.3. The molecule has 0 amide bonds. The monoisotopic (exact) mass is 334 g/mol. The second kappa shape index (κ2) is 11.7. The lowest BCUT2D eigenvalue weighted by Gasteiger charge is -2.40. The van der Waals surface area contributed by atoms with Crippen LogP contribution in [0.1, 0.15) is 59.3 Å². The lowest BCUT2D eigenvalue weighted by Crippen LogP contribution is -2.45. The molecular weight excluding hydrogens is 300 g/mol. The van der Waals surface area contributed by atoms with E-state index in [4.69, 9.17) is 25.8 Å². The first-order valence-electron chi connectivity index (χ1n) is 9.04. The molecule has 0 aromatic heterocycles. The molecule has 2 fully saturated rings. The highest BCUT2D eigenvalue weighted by molar-refractivity contribution is 6.18. The van der Waals surface area contributed by atoms with Gasteiger partial charge in [0.25, 0.3) is 0 Å². The van der Waals surface area contributed by atoms with Gasteiger partial charge in [0.15, 0.2) is 0 Å². The summed E-state index contributed by atoms with van der Waals surface area (Å²) in [6.07, 6.45) is 7.92. The van der Waals surface area contributed by atoms with Crippen LogP contribution in [-0.4, -0.2) is 45.0 Å². The first-order valence-corrected chi connectivity index (χ1v) is 9.57. The molecule has 0 N–H and O–H groups in total. The molecule has 0 saturated carbocycles. The highest BCUT2D eigenvalue weighted by atomic mass is 35.5. The predicted octanol–water partition coefficient (Wildman–Crippen LogP) is 4.66. The number of rotatable bonds is 10. The molecule has 2 aliphatic heterocycles. The van der Waals surface area contributed by atoms with Gasteiger partial charge in [-0.15, -0.1) is 11.6 Å². The number of ether oxygens (including phenoxy) is 3. The minimum Gasteiger partial charge on any atom is -0.381 e. The highest BCUT2D eigenvalue weighted by Gasteiger charge is 2.36. The van der Waals surface area contributed by atoms with Crippen LogP contribution in [0.15, 0.2) is 0 Å². The van der Waals surface area contributed by atoms with Crippen LogP contribution in [-0.2, 0) is 14.2 Å². The average Bonchev–Trinajstić information content (AvgIpc) is 2.46. The molecule has 0 radical (unpaired) electrons. The SMILES string of the molecule is CCC1OCC1CCl.CCCCCCOCC1(CC)COC1. The Morgan fingerprint density at radius 2 is 1.91 bits per heavy atom. The van der Waals surface area contributed by atoms with Crippen molar-refractivity contribution in [3.8, 4) is 0 Å². The number of halogens is 1. The molecule has 0 aliphatic carbocycles. The van der Waals surface area contributed by atoms with E-state index in [9.17, 15) is 0 Å². The van der Waals surface area contributed by atoms with E-state index in [2.05, 4.69) is 20.8 Å². The first-order chi connectivity index (χ1) is 10.7. The van der Waals surface area contributed by atoms with Crippen molar-refractivity contribution in [1.82, 2.24) is 0 Å². The smallest absolute Gasteiger partial charge is 0.0634 e. The van der Waals surface area contributed by atoms with E-state index >= 15 is 0 Å². The molecular formula is C18H35ClO3. The van der Waals surface area contributed by atoms with Crippen LogP contribution in [0.2, 0.25) is 0 Å². The Morgan fingerprint density at radius 3 is 2.27 bits per heavy atom. The molecule has 2 heterocycles. The normalized spacial score (nSPS) is 25.6. The lowest BCUT2D eigenvalue weighted by atomic mass is 9.84. The third kappa shape index (κ3) is 6.74. The summed E-state index contributed by atoms with van der Waals surface area (Å²) in [4.78, 5) is 0. The van der Waals surface area contributed by atoms with Gasteiger partial charge in [0.2, 0.25) is 0 Å². The minimum atomic E-state index is 0.366. The first kappa shape index (κ1) is 20.2. The summed E-state index contributed by atoms with van der Waals surface area (Å²) in [5.41, 5.74) is 0.366. The van der Waals surface area contributed by atoms with Gasteiger partial charge in [-0.1, -0.05) is 40.0 Å². The molecule has 132 valence electrons. The lowest BCUT2D eigenvalue weighted by molar-refractivity contribution is -0.150. The van der Waals surface area contributed by atoms with Crippen LogP contribution in [0.3, 0.4) is 0 Å². The maximum Gasteiger partial charge on any atom is 0.0634 e. The quantitative estimate of drug-likeness (QED) is 0.429. The standard InChI is InChI=1S/C12H24O2.C6H11ClO/c1-3-5-6-7-8-13-9-12(4-2)10-14-11-12;1-2-6-5(3-7)4-8-6/h3-11H2,1-2H3;5-6H,2-4H2,1H3. The molecule has 2 unspecified atom stereocenters. The van der Waals surface area contributed by atoms with Crippen molar-refractivity contribution in [3.63, 3.8) is 0 Å². The van der Waals surface area contributed by atoms with Crippen molar-refractivity contribution in [2.45, 2.75) is 65.4 Å². The van der Waals surface area contributed by atoms with E-state index in [1.165, 1.54) is 32.1 Å². The summed E-state index contributed by atoms with van der Waals surface area (Å²) in [7, 11) is 0. The molecule has 4 heteroatoms. The second-order valence-corrected chi connectivity index (χ2v) is 6.96. The second-order valence-electron chi connectivity index (χ2n) is 6.65.